The molecule has 0 rings (SSSR count). The normalized spacial score (nSPS) is 15.3. The number of hydrogen-bond donors (Lipinski definition) is 0. The molecule has 0 aliphatic rings. The van der Waals surface area contributed by atoms with E-state index in [1.165, 1.54) is 0 Å². The fraction of sp³-hybridized carbons (Fsp3) is 0.778. The zero-order valence-corrected chi connectivity index (χ0v) is 16.1. The molecule has 144 valence electrons. The quantitative estimate of drug-likeness (QED) is 0.385. The van der Waals surface area contributed by atoms with E-state index in [0.29, 0.717) is 25.7 Å². The van der Waals surface area contributed by atoms with Crippen LogP contribution in [-0.2, 0) is 19.1 Å². The minimum atomic E-state index is -1.87. The smallest absolute Gasteiger partial charge is 0.350 e. The van der Waals surface area contributed by atoms with Gasteiger partial charge in [-0.25, -0.2) is 9.59 Å². The van der Waals surface area contributed by atoms with Crippen molar-refractivity contribution in [3.05, 3.63) is 0 Å². The number of carbonyl (C=O) groups is 2. The van der Waals surface area contributed by atoms with Gasteiger partial charge in [0.1, 0.15) is 12.1 Å². The van der Waals surface area contributed by atoms with Gasteiger partial charge in [-0.1, -0.05) is 40.5 Å². The maximum Gasteiger partial charge on any atom is 0.350 e. The molecule has 0 saturated heterocycles. The molecule has 8 heteroatoms. The first kappa shape index (κ1) is 23.5. The molecule has 0 saturated carbocycles. The van der Waals surface area contributed by atoms with E-state index in [4.69, 9.17) is 9.47 Å². The monoisotopic (exact) mass is 364 g/mol. The van der Waals surface area contributed by atoms with Crippen LogP contribution < -0.4 is 0 Å². The fourth-order valence-electron chi connectivity index (χ4n) is 2.16. The Morgan fingerprint density at radius 3 is 1.35 bits per heavy atom. The van der Waals surface area contributed by atoms with Crippen molar-refractivity contribution < 1.29 is 19.1 Å². The molecular formula is C18H28N4O4. The van der Waals surface area contributed by atoms with Crippen LogP contribution in [0.2, 0.25) is 0 Å². The molecule has 0 amide bonds. The number of nitriles is 2. The first-order valence-corrected chi connectivity index (χ1v) is 9.02. The summed E-state index contributed by atoms with van der Waals surface area (Å²) in [4.78, 5) is 24.7. The van der Waals surface area contributed by atoms with Gasteiger partial charge in [0.05, 0.1) is 13.2 Å². The zero-order valence-electron chi connectivity index (χ0n) is 16.1. The number of azo groups is 1. The molecule has 0 N–H and O–H groups in total. The lowest BCUT2D eigenvalue weighted by Crippen LogP contribution is -2.40. The summed E-state index contributed by atoms with van der Waals surface area (Å²) in [5.41, 5.74) is -3.74. The highest BCUT2D eigenvalue weighted by Crippen LogP contribution is 2.26. The Bertz CT molecular complexity index is 529. The van der Waals surface area contributed by atoms with E-state index < -0.39 is 23.0 Å². The highest BCUT2D eigenvalue weighted by atomic mass is 16.5. The van der Waals surface area contributed by atoms with Gasteiger partial charge < -0.3 is 9.47 Å². The first-order valence-electron chi connectivity index (χ1n) is 9.02. The van der Waals surface area contributed by atoms with E-state index in [1.807, 2.05) is 26.0 Å². The zero-order chi connectivity index (χ0) is 20.1. The Labute approximate surface area is 155 Å². The Morgan fingerprint density at radius 1 is 0.769 bits per heavy atom. The lowest BCUT2D eigenvalue weighted by Gasteiger charge is -2.22. The molecule has 0 radical (unpaired) electrons. The third-order valence-electron chi connectivity index (χ3n) is 3.53. The standard InChI is InChI=1S/C18H28N4O4/c1-5-9-17(13-19,15(23)25-11-7-3)21-22-18(14-20,10-6-2)16(24)26-12-8-4/h5-12H2,1-4H3. The van der Waals surface area contributed by atoms with Crippen molar-refractivity contribution >= 4 is 11.9 Å². The van der Waals surface area contributed by atoms with Crippen LogP contribution >= 0.6 is 0 Å². The van der Waals surface area contributed by atoms with Crippen molar-refractivity contribution in [2.75, 3.05) is 13.2 Å². The minimum Gasteiger partial charge on any atom is -0.463 e. The summed E-state index contributed by atoms with van der Waals surface area (Å²) in [6.45, 7) is 7.53. The highest BCUT2D eigenvalue weighted by molar-refractivity contribution is 5.86. The van der Waals surface area contributed by atoms with Gasteiger partial charge in [-0.15, -0.1) is 0 Å². The lowest BCUT2D eigenvalue weighted by atomic mass is 9.95. The van der Waals surface area contributed by atoms with Crippen molar-refractivity contribution in [2.24, 2.45) is 10.2 Å². The van der Waals surface area contributed by atoms with E-state index >= 15 is 0 Å². The van der Waals surface area contributed by atoms with E-state index in [9.17, 15) is 20.1 Å². The molecule has 0 aliphatic carbocycles. The molecule has 0 spiro atoms. The van der Waals surface area contributed by atoms with Crippen LogP contribution in [0, 0.1) is 22.7 Å². The van der Waals surface area contributed by atoms with Crippen LogP contribution in [0.1, 0.15) is 66.2 Å². The van der Waals surface area contributed by atoms with Crippen molar-refractivity contribution in [3.63, 3.8) is 0 Å². The predicted octanol–water partition coefficient (Wildman–Crippen LogP) is 3.47. The summed E-state index contributed by atoms with van der Waals surface area (Å²) in [7, 11) is 0. The van der Waals surface area contributed by atoms with Crippen LogP contribution in [0.15, 0.2) is 10.2 Å². The van der Waals surface area contributed by atoms with Gasteiger partial charge in [0.2, 0.25) is 0 Å². The van der Waals surface area contributed by atoms with Crippen LogP contribution in [0.5, 0.6) is 0 Å². The van der Waals surface area contributed by atoms with Gasteiger partial charge in [-0.05, 0) is 25.7 Å². The molecule has 26 heavy (non-hydrogen) atoms. The summed E-state index contributed by atoms with van der Waals surface area (Å²) < 4.78 is 10.1. The summed E-state index contributed by atoms with van der Waals surface area (Å²) >= 11 is 0. The Balaban J connectivity index is 5.87. The maximum atomic E-state index is 12.4. The van der Waals surface area contributed by atoms with Gasteiger partial charge in [0, 0.05) is 0 Å². The Hall–Kier alpha value is -2.48. The number of esters is 2. The lowest BCUT2D eigenvalue weighted by molar-refractivity contribution is -0.150. The summed E-state index contributed by atoms with van der Waals surface area (Å²) in [6, 6.07) is 3.70. The number of hydrogen-bond acceptors (Lipinski definition) is 8. The number of nitrogens with zero attached hydrogens (tertiary/aromatic N) is 4. The molecule has 0 aromatic carbocycles. The summed E-state index contributed by atoms with van der Waals surface area (Å²) in [6.07, 6.45) is 2.29. The topological polar surface area (TPSA) is 125 Å². The average Bonchev–Trinajstić information content (AvgIpc) is 2.66. The van der Waals surface area contributed by atoms with Crippen LogP contribution in [0.4, 0.5) is 0 Å². The Kier molecular flexibility index (Phi) is 10.8. The second-order valence-corrected chi connectivity index (χ2v) is 5.92. The average molecular weight is 364 g/mol. The molecule has 0 heterocycles. The van der Waals surface area contributed by atoms with Crippen LogP contribution in [-0.4, -0.2) is 36.2 Å². The van der Waals surface area contributed by atoms with E-state index in [0.717, 1.165) is 0 Å². The molecular weight excluding hydrogens is 336 g/mol. The molecule has 2 unspecified atom stereocenters. The van der Waals surface area contributed by atoms with Crippen LogP contribution in [0.25, 0.3) is 0 Å². The molecule has 0 fully saturated rings. The van der Waals surface area contributed by atoms with Crippen molar-refractivity contribution in [3.8, 4) is 12.1 Å². The van der Waals surface area contributed by atoms with Gasteiger partial charge in [0.15, 0.2) is 0 Å². The maximum absolute atomic E-state index is 12.4. The minimum absolute atomic E-state index is 0.0766. The summed E-state index contributed by atoms with van der Waals surface area (Å²) in [5, 5.41) is 26.9. The van der Waals surface area contributed by atoms with Crippen LogP contribution in [0.3, 0.4) is 0 Å². The molecule has 0 aromatic heterocycles. The van der Waals surface area contributed by atoms with E-state index in [-0.39, 0.29) is 26.1 Å². The number of carbonyl (C=O) groups excluding carboxylic acids is 2. The molecule has 0 aromatic rings. The molecule has 0 aliphatic heterocycles. The number of ether oxygens (including phenoxy) is 2. The molecule has 0 bridgehead atoms. The van der Waals surface area contributed by atoms with E-state index in [1.54, 1.807) is 13.8 Å². The number of rotatable bonds is 12. The predicted molar refractivity (Wildman–Crippen MR) is 93.9 cm³/mol. The first-order chi connectivity index (χ1) is 12.4. The second kappa shape index (κ2) is 12.0. The molecule has 8 nitrogen and oxygen atoms in total. The van der Waals surface area contributed by atoms with Crippen molar-refractivity contribution in [1.29, 1.82) is 10.5 Å². The van der Waals surface area contributed by atoms with Gasteiger partial charge in [-0.3, -0.25) is 0 Å². The second-order valence-electron chi connectivity index (χ2n) is 5.92. The third-order valence-corrected chi connectivity index (χ3v) is 3.53. The molecule has 2 atom stereocenters. The van der Waals surface area contributed by atoms with Crippen molar-refractivity contribution in [2.45, 2.75) is 77.3 Å². The van der Waals surface area contributed by atoms with E-state index in [2.05, 4.69) is 10.2 Å². The van der Waals surface area contributed by atoms with Gasteiger partial charge >= 0.3 is 11.9 Å². The third kappa shape index (κ3) is 6.11. The highest BCUT2D eigenvalue weighted by Gasteiger charge is 2.45. The van der Waals surface area contributed by atoms with Gasteiger partial charge in [0.25, 0.3) is 11.1 Å². The van der Waals surface area contributed by atoms with Crippen molar-refractivity contribution in [1.82, 2.24) is 0 Å². The van der Waals surface area contributed by atoms with Gasteiger partial charge in [-0.2, -0.15) is 20.8 Å². The Morgan fingerprint density at radius 2 is 1.12 bits per heavy atom. The largest absolute Gasteiger partial charge is 0.463 e. The fourth-order valence-corrected chi connectivity index (χ4v) is 2.16. The SMILES string of the molecule is CCCOC(=O)C(C#N)(CCC)N=NC(C#N)(CCC)C(=O)OCCC. The summed E-state index contributed by atoms with van der Waals surface area (Å²) in [5.74, 6) is -1.64.